The fourth-order valence-corrected chi connectivity index (χ4v) is 8.18. The van der Waals surface area contributed by atoms with Crippen LogP contribution in [0, 0.1) is 11.7 Å². The van der Waals surface area contributed by atoms with Gasteiger partial charge in [0.2, 0.25) is 0 Å². The number of alkyl halides is 3. The third-order valence-corrected chi connectivity index (χ3v) is 11.1. The van der Waals surface area contributed by atoms with Crippen molar-refractivity contribution in [3.63, 3.8) is 0 Å². The summed E-state index contributed by atoms with van der Waals surface area (Å²) < 4.78 is 64.7. The Hall–Kier alpha value is -3.07. The number of allylic oxidation sites excluding steroid dienone is 1. The Kier molecular flexibility index (Phi) is 9.18. The Bertz CT molecular complexity index is 1450. The minimum Gasteiger partial charge on any atom is -0.330 e. The number of likely N-dealkylation sites (N-methyl/N-ethyl adjacent to an activating group) is 1. The third-order valence-electron chi connectivity index (χ3n) is 11.1. The standard InChI is InChI=1S/C37H49F4N5/c1-24-13-8-6-11-20-46-27(4)43-34(30-23-32(26(3)44(5)35(30)46)36(39)18-9-7-10-19-36)42-25(2)29-14-12-15-31(33(29)38)37(40,41)28-16-21-45(24)22-17-28/h12,14-15,23-25,28H,3-4,6-11,13,16-22H2,1-2,5H3,(H,42,43)/t24?,25-/m1/s1. The number of rotatable bonds is 1. The van der Waals surface area contributed by atoms with Gasteiger partial charge in [0.25, 0.3) is 5.92 Å². The van der Waals surface area contributed by atoms with Crippen molar-refractivity contribution in [3.05, 3.63) is 82.9 Å². The van der Waals surface area contributed by atoms with E-state index in [1.807, 2.05) is 18.0 Å². The molecule has 2 atom stereocenters. The van der Waals surface area contributed by atoms with Crippen LogP contribution in [0.2, 0.25) is 0 Å². The highest BCUT2D eigenvalue weighted by atomic mass is 19.3. The van der Waals surface area contributed by atoms with Crippen molar-refractivity contribution >= 4 is 5.84 Å². The zero-order valence-corrected chi connectivity index (χ0v) is 27.7. The largest absolute Gasteiger partial charge is 0.330 e. The number of hydrogen-bond donors (Lipinski definition) is 1. The predicted molar refractivity (Wildman–Crippen MR) is 176 cm³/mol. The molecule has 2 fully saturated rings. The highest BCUT2D eigenvalue weighted by Gasteiger charge is 2.46. The van der Waals surface area contributed by atoms with E-state index in [1.165, 1.54) is 18.2 Å². The van der Waals surface area contributed by atoms with Gasteiger partial charge in [-0.2, -0.15) is 0 Å². The van der Waals surface area contributed by atoms with E-state index >= 15 is 17.6 Å². The second-order valence-corrected chi connectivity index (χ2v) is 14.0. The molecule has 0 aromatic heterocycles. The van der Waals surface area contributed by atoms with Crippen LogP contribution < -0.4 is 5.32 Å². The summed E-state index contributed by atoms with van der Waals surface area (Å²) in [6.45, 7) is 14.4. The van der Waals surface area contributed by atoms with Gasteiger partial charge in [0.15, 0.2) is 0 Å². The summed E-state index contributed by atoms with van der Waals surface area (Å²) in [5.41, 5.74) is -0.108. The third kappa shape index (κ3) is 5.93. The molecule has 9 rings (SSSR count). The molecule has 250 valence electrons. The molecule has 1 unspecified atom stereocenters. The molecular formula is C37H49F4N5. The van der Waals surface area contributed by atoms with Crippen LogP contribution in [0.4, 0.5) is 17.6 Å². The summed E-state index contributed by atoms with van der Waals surface area (Å²) in [6.07, 6.45) is 9.98. The molecule has 9 heteroatoms. The van der Waals surface area contributed by atoms with Crippen LogP contribution in [0.15, 0.2) is 70.9 Å². The van der Waals surface area contributed by atoms with Crippen LogP contribution >= 0.6 is 0 Å². The quantitative estimate of drug-likeness (QED) is 0.312. The van der Waals surface area contributed by atoms with E-state index in [-0.39, 0.29) is 5.56 Å². The number of benzene rings is 1. The number of hydrogen-bond acceptors (Lipinski definition) is 5. The Morgan fingerprint density at radius 3 is 2.33 bits per heavy atom. The number of amidine groups is 1. The van der Waals surface area contributed by atoms with E-state index in [2.05, 4.69) is 35.2 Å². The minimum atomic E-state index is -3.30. The van der Waals surface area contributed by atoms with Gasteiger partial charge >= 0.3 is 0 Å². The highest BCUT2D eigenvalue weighted by molar-refractivity contribution is 6.04. The number of nitrogens with zero attached hydrogens (tertiary/aromatic N) is 4. The monoisotopic (exact) mass is 639 g/mol. The van der Waals surface area contributed by atoms with Gasteiger partial charge in [0.05, 0.1) is 17.2 Å². The van der Waals surface area contributed by atoms with Crippen LogP contribution in [-0.4, -0.2) is 58.9 Å². The number of aliphatic imine (C=N–C) groups is 1. The smallest absolute Gasteiger partial charge is 0.278 e. The van der Waals surface area contributed by atoms with E-state index in [4.69, 9.17) is 4.99 Å². The van der Waals surface area contributed by atoms with Crippen molar-refractivity contribution in [1.82, 2.24) is 20.0 Å². The van der Waals surface area contributed by atoms with Crippen LogP contribution in [0.25, 0.3) is 0 Å². The molecule has 1 aromatic carbocycles. The summed E-state index contributed by atoms with van der Waals surface area (Å²) in [6, 6.07) is 3.77. The van der Waals surface area contributed by atoms with Gasteiger partial charge in [-0.1, -0.05) is 50.6 Å². The molecular weight excluding hydrogens is 590 g/mol. The first kappa shape index (κ1) is 32.9. The van der Waals surface area contributed by atoms with Crippen molar-refractivity contribution in [2.75, 3.05) is 26.7 Å². The van der Waals surface area contributed by atoms with Crippen molar-refractivity contribution in [1.29, 1.82) is 0 Å². The van der Waals surface area contributed by atoms with Gasteiger partial charge in [0, 0.05) is 42.4 Å². The molecule has 5 nitrogen and oxygen atoms in total. The van der Waals surface area contributed by atoms with Crippen molar-refractivity contribution in [3.8, 4) is 0 Å². The van der Waals surface area contributed by atoms with Crippen LogP contribution in [0.1, 0.15) is 102 Å². The molecule has 46 heavy (non-hydrogen) atoms. The van der Waals surface area contributed by atoms with Crippen LogP contribution in [0.3, 0.4) is 0 Å². The van der Waals surface area contributed by atoms with E-state index in [9.17, 15) is 0 Å². The van der Waals surface area contributed by atoms with Gasteiger partial charge in [0.1, 0.15) is 29.0 Å². The summed E-state index contributed by atoms with van der Waals surface area (Å²) in [5, 5.41) is 3.34. The predicted octanol–water partition coefficient (Wildman–Crippen LogP) is 8.70. The Labute approximate surface area is 271 Å². The van der Waals surface area contributed by atoms with Crippen LogP contribution in [0.5, 0.6) is 0 Å². The first-order chi connectivity index (χ1) is 21.9. The second-order valence-electron chi connectivity index (χ2n) is 14.0. The molecule has 7 heterocycles. The minimum absolute atomic E-state index is 0.106. The molecule has 1 saturated heterocycles. The maximum Gasteiger partial charge on any atom is 0.278 e. The number of nitrogens with one attached hydrogen (secondary N) is 1. The molecule has 1 saturated carbocycles. The van der Waals surface area contributed by atoms with Gasteiger partial charge in [-0.15, -0.1) is 0 Å². The highest BCUT2D eigenvalue weighted by Crippen LogP contribution is 2.47. The van der Waals surface area contributed by atoms with Gasteiger partial charge in [-0.05, 0) is 84.4 Å². The van der Waals surface area contributed by atoms with Crippen molar-refractivity contribution in [2.24, 2.45) is 10.9 Å². The van der Waals surface area contributed by atoms with E-state index in [0.29, 0.717) is 79.9 Å². The lowest BCUT2D eigenvalue weighted by molar-refractivity contribution is -0.0907. The van der Waals surface area contributed by atoms with E-state index < -0.39 is 34.9 Å². The van der Waals surface area contributed by atoms with Crippen LogP contribution in [-0.2, 0) is 5.92 Å². The Morgan fingerprint density at radius 1 is 0.913 bits per heavy atom. The maximum atomic E-state index is 16.6. The number of halogens is 4. The number of piperidine rings is 1. The molecule has 6 bridgehead atoms. The fourth-order valence-electron chi connectivity index (χ4n) is 8.18. The van der Waals surface area contributed by atoms with Crippen molar-refractivity contribution < 1.29 is 17.6 Å². The summed E-state index contributed by atoms with van der Waals surface area (Å²) in [4.78, 5) is 11.3. The topological polar surface area (TPSA) is 34.1 Å². The van der Waals surface area contributed by atoms with E-state index in [0.717, 1.165) is 50.8 Å². The average molecular weight is 640 g/mol. The lowest BCUT2D eigenvalue weighted by Crippen LogP contribution is -2.49. The Balaban J connectivity index is 1.45. The normalized spacial score (nSPS) is 30.4. The second kappa shape index (κ2) is 12.9. The van der Waals surface area contributed by atoms with Gasteiger partial charge in [-0.25, -0.2) is 17.6 Å². The summed E-state index contributed by atoms with van der Waals surface area (Å²) >= 11 is 0. The van der Waals surface area contributed by atoms with Crippen molar-refractivity contribution in [2.45, 2.75) is 108 Å². The first-order valence-corrected chi connectivity index (χ1v) is 17.2. The molecule has 1 aromatic rings. The van der Waals surface area contributed by atoms with E-state index in [1.54, 1.807) is 6.92 Å². The zero-order valence-electron chi connectivity index (χ0n) is 27.7. The molecule has 8 aliphatic rings. The fraction of sp³-hybridized carbons (Fsp3) is 0.595. The molecule has 1 aliphatic carbocycles. The SMILES string of the molecule is C=C1C(C2(F)CCCCC2)=CC2=C(N1C)N1CCCCCC(C)N3CCC(CC3)C(F)(F)c3cccc(c3F)[C@@H](C)N=C2NC1=C. The van der Waals surface area contributed by atoms with Gasteiger partial charge in [-0.3, -0.25) is 4.99 Å². The molecule has 0 radical (unpaired) electrons. The molecule has 0 spiro atoms. The molecule has 1 N–H and O–H groups in total. The van der Waals surface area contributed by atoms with Gasteiger partial charge < -0.3 is 20.0 Å². The Morgan fingerprint density at radius 2 is 1.61 bits per heavy atom. The summed E-state index contributed by atoms with van der Waals surface area (Å²) in [5.74, 6) is -3.29. The molecule has 0 amide bonds. The summed E-state index contributed by atoms with van der Waals surface area (Å²) in [7, 11) is 1.90. The first-order valence-electron chi connectivity index (χ1n) is 17.2. The average Bonchev–Trinajstić information content (AvgIpc) is 3.03. The lowest BCUT2D eigenvalue weighted by atomic mass is 9.77. The maximum absolute atomic E-state index is 16.6. The zero-order chi connectivity index (χ0) is 32.8. The molecule has 7 aliphatic heterocycles. The lowest BCUT2D eigenvalue weighted by Gasteiger charge is -2.46.